The van der Waals surface area contributed by atoms with Crippen molar-refractivity contribution in [2.75, 3.05) is 0 Å². The van der Waals surface area contributed by atoms with E-state index in [0.717, 1.165) is 0 Å². The molecule has 0 spiro atoms. The summed E-state index contributed by atoms with van der Waals surface area (Å²) in [5.41, 5.74) is 0. The SMILES string of the molecule is C[C@H]1C[C@H]([C@H]2C[C@H](C)C(=O)O2)OC1=O. The lowest BCUT2D eigenvalue weighted by molar-refractivity contribution is -0.155. The highest BCUT2D eigenvalue weighted by atomic mass is 16.6. The number of hydrogen-bond acceptors (Lipinski definition) is 4. The molecule has 2 fully saturated rings. The van der Waals surface area contributed by atoms with Gasteiger partial charge in [-0.05, 0) is 0 Å². The van der Waals surface area contributed by atoms with Crippen molar-refractivity contribution >= 4 is 11.9 Å². The van der Waals surface area contributed by atoms with Crippen LogP contribution in [0.25, 0.3) is 0 Å². The van der Waals surface area contributed by atoms with E-state index >= 15 is 0 Å². The second kappa shape index (κ2) is 3.26. The van der Waals surface area contributed by atoms with Crippen molar-refractivity contribution in [2.45, 2.75) is 38.9 Å². The average Bonchev–Trinajstić information content (AvgIpc) is 2.60. The molecule has 0 N–H and O–H groups in total. The summed E-state index contributed by atoms with van der Waals surface area (Å²) in [5.74, 6) is -0.472. The fraction of sp³-hybridized carbons (Fsp3) is 0.800. The van der Waals surface area contributed by atoms with E-state index in [1.165, 1.54) is 0 Å². The van der Waals surface area contributed by atoms with Gasteiger partial charge in [0.15, 0.2) is 0 Å². The molecule has 0 bridgehead atoms. The molecule has 14 heavy (non-hydrogen) atoms. The molecule has 2 aliphatic heterocycles. The first-order chi connectivity index (χ1) is 6.58. The standard InChI is InChI=1S/C10H14O4/c1-5-3-7(13-9(5)11)8-4-6(2)10(12)14-8/h5-8H,3-4H2,1-2H3/t5-,6-,7+,8+/m0/s1. The Morgan fingerprint density at radius 1 is 0.929 bits per heavy atom. The van der Waals surface area contributed by atoms with Crippen LogP contribution in [0.5, 0.6) is 0 Å². The van der Waals surface area contributed by atoms with Gasteiger partial charge >= 0.3 is 11.9 Å². The minimum absolute atomic E-state index is 0.0605. The van der Waals surface area contributed by atoms with Crippen molar-refractivity contribution < 1.29 is 19.1 Å². The molecule has 0 amide bonds. The first kappa shape index (κ1) is 9.49. The maximum atomic E-state index is 11.1. The Labute approximate surface area is 82.6 Å². The number of carbonyl (C=O) groups excluding carboxylic acids is 2. The Kier molecular flexibility index (Phi) is 2.21. The number of ether oxygens (including phenoxy) is 2. The molecular weight excluding hydrogens is 184 g/mol. The van der Waals surface area contributed by atoms with Gasteiger partial charge in [-0.15, -0.1) is 0 Å². The third kappa shape index (κ3) is 1.49. The van der Waals surface area contributed by atoms with Crippen LogP contribution < -0.4 is 0 Å². The maximum absolute atomic E-state index is 11.1. The largest absolute Gasteiger partial charge is 0.458 e. The number of esters is 2. The first-order valence-corrected chi connectivity index (χ1v) is 4.99. The normalized spacial score (nSPS) is 42.4. The van der Waals surface area contributed by atoms with Crippen molar-refractivity contribution in [2.24, 2.45) is 11.8 Å². The molecule has 4 heteroatoms. The second-order valence-electron chi connectivity index (χ2n) is 4.22. The Morgan fingerprint density at radius 3 is 1.50 bits per heavy atom. The Bertz CT molecular complexity index is 245. The summed E-state index contributed by atoms with van der Waals surface area (Å²) in [6.45, 7) is 3.67. The molecule has 0 aromatic carbocycles. The van der Waals surface area contributed by atoms with Crippen LogP contribution >= 0.6 is 0 Å². The highest BCUT2D eigenvalue weighted by Crippen LogP contribution is 2.31. The fourth-order valence-electron chi connectivity index (χ4n) is 1.97. The summed E-state index contributed by atoms with van der Waals surface area (Å²) in [7, 11) is 0. The second-order valence-corrected chi connectivity index (χ2v) is 4.22. The molecular formula is C10H14O4. The van der Waals surface area contributed by atoms with Crippen LogP contribution in [-0.4, -0.2) is 24.1 Å². The van der Waals surface area contributed by atoms with Gasteiger partial charge in [0, 0.05) is 12.8 Å². The van der Waals surface area contributed by atoms with Crippen LogP contribution in [0.2, 0.25) is 0 Å². The highest BCUT2D eigenvalue weighted by Gasteiger charge is 2.43. The van der Waals surface area contributed by atoms with E-state index in [4.69, 9.17) is 9.47 Å². The van der Waals surface area contributed by atoms with E-state index in [1.807, 2.05) is 13.8 Å². The van der Waals surface area contributed by atoms with E-state index < -0.39 is 0 Å². The van der Waals surface area contributed by atoms with E-state index in [1.54, 1.807) is 0 Å². The summed E-state index contributed by atoms with van der Waals surface area (Å²) >= 11 is 0. The molecule has 2 rings (SSSR count). The van der Waals surface area contributed by atoms with Crippen LogP contribution in [0.1, 0.15) is 26.7 Å². The molecule has 78 valence electrons. The molecule has 0 aromatic rings. The lowest BCUT2D eigenvalue weighted by atomic mass is 9.99. The molecule has 0 saturated carbocycles. The average molecular weight is 198 g/mol. The van der Waals surface area contributed by atoms with Gasteiger partial charge in [-0.3, -0.25) is 9.59 Å². The number of rotatable bonds is 1. The lowest BCUT2D eigenvalue weighted by Crippen LogP contribution is -2.25. The highest BCUT2D eigenvalue weighted by molar-refractivity contribution is 5.76. The van der Waals surface area contributed by atoms with Gasteiger partial charge in [-0.2, -0.15) is 0 Å². The Hall–Kier alpha value is -1.06. The molecule has 0 unspecified atom stereocenters. The first-order valence-electron chi connectivity index (χ1n) is 4.99. The van der Waals surface area contributed by atoms with Gasteiger partial charge in [0.25, 0.3) is 0 Å². The van der Waals surface area contributed by atoms with Crippen LogP contribution in [0, 0.1) is 11.8 Å². The number of hydrogen-bond donors (Lipinski definition) is 0. The quantitative estimate of drug-likeness (QED) is 0.587. The summed E-state index contributed by atoms with van der Waals surface area (Å²) in [4.78, 5) is 22.3. The molecule has 0 aromatic heterocycles. The molecule has 2 heterocycles. The van der Waals surface area contributed by atoms with Crippen molar-refractivity contribution in [1.29, 1.82) is 0 Å². The minimum Gasteiger partial charge on any atom is -0.458 e. The van der Waals surface area contributed by atoms with Crippen molar-refractivity contribution in [3.05, 3.63) is 0 Å². The van der Waals surface area contributed by atoms with Crippen molar-refractivity contribution in [3.63, 3.8) is 0 Å². The predicted octanol–water partition coefficient (Wildman–Crippen LogP) is 0.890. The lowest BCUT2D eigenvalue weighted by Gasteiger charge is -2.15. The Morgan fingerprint density at radius 2 is 1.29 bits per heavy atom. The fourth-order valence-corrected chi connectivity index (χ4v) is 1.97. The van der Waals surface area contributed by atoms with Gasteiger partial charge in [0.05, 0.1) is 11.8 Å². The number of carbonyl (C=O) groups is 2. The summed E-state index contributed by atoms with van der Waals surface area (Å²) in [6.07, 6.45) is 0.908. The zero-order valence-corrected chi connectivity index (χ0v) is 8.36. The van der Waals surface area contributed by atoms with Gasteiger partial charge < -0.3 is 9.47 Å². The summed E-state index contributed by atoms with van der Waals surface area (Å²) < 4.78 is 10.3. The van der Waals surface area contributed by atoms with E-state index in [0.29, 0.717) is 12.8 Å². The zero-order valence-electron chi connectivity index (χ0n) is 8.36. The van der Waals surface area contributed by atoms with Crippen LogP contribution in [0.4, 0.5) is 0 Å². The minimum atomic E-state index is -0.216. The molecule has 2 aliphatic rings. The van der Waals surface area contributed by atoms with Crippen LogP contribution in [-0.2, 0) is 19.1 Å². The summed E-state index contributed by atoms with van der Waals surface area (Å²) in [5, 5.41) is 0. The smallest absolute Gasteiger partial charge is 0.309 e. The van der Waals surface area contributed by atoms with Crippen molar-refractivity contribution in [3.8, 4) is 0 Å². The topological polar surface area (TPSA) is 52.6 Å². The van der Waals surface area contributed by atoms with E-state index in [-0.39, 0.29) is 36.0 Å². The van der Waals surface area contributed by atoms with E-state index in [2.05, 4.69) is 0 Å². The third-order valence-corrected chi connectivity index (χ3v) is 2.93. The van der Waals surface area contributed by atoms with E-state index in [9.17, 15) is 9.59 Å². The van der Waals surface area contributed by atoms with Gasteiger partial charge in [-0.1, -0.05) is 13.8 Å². The third-order valence-electron chi connectivity index (χ3n) is 2.93. The van der Waals surface area contributed by atoms with Crippen molar-refractivity contribution in [1.82, 2.24) is 0 Å². The summed E-state index contributed by atoms with van der Waals surface area (Å²) in [6, 6.07) is 0. The molecule has 0 radical (unpaired) electrons. The molecule has 2 saturated heterocycles. The van der Waals surface area contributed by atoms with Gasteiger partial charge in [-0.25, -0.2) is 0 Å². The monoisotopic (exact) mass is 198 g/mol. The number of cyclic esters (lactones) is 2. The molecule has 0 aliphatic carbocycles. The van der Waals surface area contributed by atoms with Gasteiger partial charge in [0.2, 0.25) is 0 Å². The van der Waals surface area contributed by atoms with Crippen LogP contribution in [0.15, 0.2) is 0 Å². The zero-order chi connectivity index (χ0) is 10.3. The predicted molar refractivity (Wildman–Crippen MR) is 47.3 cm³/mol. The maximum Gasteiger partial charge on any atom is 0.309 e. The van der Waals surface area contributed by atoms with Crippen LogP contribution in [0.3, 0.4) is 0 Å². The molecule has 4 nitrogen and oxygen atoms in total. The Balaban J connectivity index is 1.98. The van der Waals surface area contributed by atoms with Gasteiger partial charge in [0.1, 0.15) is 12.2 Å². The molecule has 4 atom stereocenters.